The SMILES string of the molecule is C=CN(C(=C)C)C(=O)OCC1OC1C12CC3CC(CC(C3)C1)C2. The van der Waals surface area contributed by atoms with Crippen LogP contribution in [0.15, 0.2) is 25.1 Å². The number of amides is 1. The highest BCUT2D eigenvalue weighted by Gasteiger charge is 2.62. The zero-order chi connectivity index (χ0) is 16.2. The fourth-order valence-corrected chi connectivity index (χ4v) is 5.94. The van der Waals surface area contributed by atoms with Crippen molar-refractivity contribution in [1.82, 2.24) is 4.90 Å². The van der Waals surface area contributed by atoms with E-state index in [0.29, 0.717) is 23.8 Å². The molecule has 4 aliphatic carbocycles. The number of carbonyl (C=O) groups excluding carboxylic acids is 1. The lowest BCUT2D eigenvalue weighted by Gasteiger charge is -2.56. The molecular formula is C19H27NO3. The Morgan fingerprint density at radius 1 is 1.26 bits per heavy atom. The van der Waals surface area contributed by atoms with E-state index >= 15 is 0 Å². The summed E-state index contributed by atoms with van der Waals surface area (Å²) in [6, 6.07) is 0. The summed E-state index contributed by atoms with van der Waals surface area (Å²) in [4.78, 5) is 13.4. The third-order valence-electron chi connectivity index (χ3n) is 6.43. The lowest BCUT2D eigenvalue weighted by molar-refractivity contribution is -0.0670. The van der Waals surface area contributed by atoms with Gasteiger partial charge in [0.15, 0.2) is 0 Å². The van der Waals surface area contributed by atoms with Gasteiger partial charge in [-0.15, -0.1) is 0 Å². The van der Waals surface area contributed by atoms with Crippen LogP contribution in [0, 0.1) is 23.2 Å². The van der Waals surface area contributed by atoms with Crippen molar-refractivity contribution in [2.45, 2.75) is 57.7 Å². The molecule has 0 aromatic rings. The van der Waals surface area contributed by atoms with Crippen LogP contribution < -0.4 is 0 Å². The van der Waals surface area contributed by atoms with E-state index in [0.717, 1.165) is 17.8 Å². The van der Waals surface area contributed by atoms with E-state index in [9.17, 15) is 4.79 Å². The molecule has 4 saturated carbocycles. The molecule has 0 aromatic heterocycles. The van der Waals surface area contributed by atoms with Gasteiger partial charge in [-0.1, -0.05) is 13.2 Å². The fraction of sp³-hybridized carbons (Fsp3) is 0.737. The molecule has 0 aromatic carbocycles. The largest absolute Gasteiger partial charge is 0.446 e. The molecular weight excluding hydrogens is 290 g/mol. The van der Waals surface area contributed by atoms with Gasteiger partial charge in [0, 0.05) is 17.3 Å². The van der Waals surface area contributed by atoms with Crippen LogP contribution in [0.5, 0.6) is 0 Å². The lowest BCUT2D eigenvalue weighted by atomic mass is 9.48. The van der Waals surface area contributed by atoms with Crippen LogP contribution in [0.3, 0.4) is 0 Å². The summed E-state index contributed by atoms with van der Waals surface area (Å²) < 4.78 is 11.4. The Kier molecular flexibility index (Phi) is 3.56. The van der Waals surface area contributed by atoms with E-state index in [-0.39, 0.29) is 6.10 Å². The molecule has 1 amide bonds. The summed E-state index contributed by atoms with van der Waals surface area (Å²) in [7, 11) is 0. The third-order valence-corrected chi connectivity index (χ3v) is 6.43. The maximum absolute atomic E-state index is 12.0. The van der Waals surface area contributed by atoms with Gasteiger partial charge in [0.2, 0.25) is 0 Å². The van der Waals surface area contributed by atoms with Gasteiger partial charge in [0.25, 0.3) is 0 Å². The zero-order valence-corrected chi connectivity index (χ0v) is 14.0. The minimum absolute atomic E-state index is 0.0898. The number of rotatable bonds is 5. The van der Waals surface area contributed by atoms with Gasteiger partial charge in [-0.25, -0.2) is 4.79 Å². The molecule has 126 valence electrons. The van der Waals surface area contributed by atoms with Gasteiger partial charge in [-0.05, 0) is 63.2 Å². The first-order chi connectivity index (χ1) is 11.0. The van der Waals surface area contributed by atoms with Crippen molar-refractivity contribution >= 4 is 6.09 Å². The number of allylic oxidation sites excluding steroid dienone is 1. The molecule has 5 rings (SSSR count). The first-order valence-corrected chi connectivity index (χ1v) is 8.90. The van der Waals surface area contributed by atoms with Crippen molar-refractivity contribution in [2.24, 2.45) is 23.2 Å². The Morgan fingerprint density at radius 3 is 2.30 bits per heavy atom. The maximum Gasteiger partial charge on any atom is 0.418 e. The standard InChI is InChI=1S/C19H27NO3/c1-4-20(12(2)3)18(21)22-11-16-17(23-16)19-8-13-5-14(9-19)7-15(6-13)10-19/h4,13-17H,1-2,5-11H2,3H3. The van der Waals surface area contributed by atoms with Crippen molar-refractivity contribution < 1.29 is 14.3 Å². The lowest BCUT2D eigenvalue weighted by Crippen LogP contribution is -2.49. The molecule has 4 heteroatoms. The predicted molar refractivity (Wildman–Crippen MR) is 87.5 cm³/mol. The summed E-state index contributed by atoms with van der Waals surface area (Å²) >= 11 is 0. The Morgan fingerprint density at radius 2 is 1.83 bits per heavy atom. The summed E-state index contributed by atoms with van der Waals surface area (Å²) in [6.45, 7) is 9.48. The molecule has 23 heavy (non-hydrogen) atoms. The van der Waals surface area contributed by atoms with E-state index in [1.807, 2.05) is 0 Å². The van der Waals surface area contributed by atoms with Crippen molar-refractivity contribution in [1.29, 1.82) is 0 Å². The van der Waals surface area contributed by atoms with Crippen LogP contribution in [0.25, 0.3) is 0 Å². The molecule has 4 bridgehead atoms. The average molecular weight is 317 g/mol. The average Bonchev–Trinajstić information content (AvgIpc) is 3.24. The normalized spacial score (nSPS) is 43.1. The molecule has 1 saturated heterocycles. The minimum atomic E-state index is -0.410. The monoisotopic (exact) mass is 317 g/mol. The summed E-state index contributed by atoms with van der Waals surface area (Å²) in [6.07, 6.45) is 9.76. The number of hydrogen-bond acceptors (Lipinski definition) is 3. The summed E-state index contributed by atoms with van der Waals surface area (Å²) in [5.74, 6) is 2.77. The molecule has 1 aliphatic heterocycles. The van der Waals surface area contributed by atoms with E-state index in [4.69, 9.17) is 9.47 Å². The molecule has 1 heterocycles. The Balaban J connectivity index is 1.33. The topological polar surface area (TPSA) is 42.1 Å². The first-order valence-electron chi connectivity index (χ1n) is 8.90. The number of ether oxygens (including phenoxy) is 2. The molecule has 2 unspecified atom stereocenters. The van der Waals surface area contributed by atoms with Gasteiger partial charge in [-0.3, -0.25) is 4.90 Å². The van der Waals surface area contributed by atoms with Crippen LogP contribution in [-0.2, 0) is 9.47 Å². The van der Waals surface area contributed by atoms with Crippen LogP contribution in [-0.4, -0.2) is 29.8 Å². The third kappa shape index (κ3) is 2.61. The predicted octanol–water partition coefficient (Wildman–Crippen LogP) is 4.09. The van der Waals surface area contributed by atoms with Gasteiger partial charge in [0.1, 0.15) is 12.7 Å². The van der Waals surface area contributed by atoms with Crippen LogP contribution in [0.2, 0.25) is 0 Å². The maximum atomic E-state index is 12.0. The van der Waals surface area contributed by atoms with Crippen LogP contribution in [0.4, 0.5) is 4.79 Å². The highest BCUT2D eigenvalue weighted by atomic mass is 16.6. The second kappa shape index (κ2) is 5.37. The van der Waals surface area contributed by atoms with Crippen LogP contribution >= 0.6 is 0 Å². The minimum Gasteiger partial charge on any atom is -0.446 e. The number of epoxide rings is 1. The fourth-order valence-electron chi connectivity index (χ4n) is 5.94. The number of hydrogen-bond donors (Lipinski definition) is 0. The number of nitrogens with zero attached hydrogens (tertiary/aromatic N) is 1. The number of carbonyl (C=O) groups is 1. The van der Waals surface area contributed by atoms with Crippen molar-refractivity contribution in [3.63, 3.8) is 0 Å². The van der Waals surface area contributed by atoms with Crippen molar-refractivity contribution in [3.05, 3.63) is 25.1 Å². The Hall–Kier alpha value is -1.29. The molecule has 0 spiro atoms. The second-order valence-electron chi connectivity index (χ2n) is 8.24. The zero-order valence-electron chi connectivity index (χ0n) is 14.0. The first kappa shape index (κ1) is 15.3. The highest BCUT2D eigenvalue weighted by Crippen LogP contribution is 2.64. The Bertz CT molecular complexity index is 505. The molecule has 4 nitrogen and oxygen atoms in total. The quantitative estimate of drug-likeness (QED) is 0.717. The molecule has 0 N–H and O–H groups in total. The smallest absolute Gasteiger partial charge is 0.418 e. The summed E-state index contributed by atoms with van der Waals surface area (Å²) in [5, 5.41) is 0. The van der Waals surface area contributed by atoms with Gasteiger partial charge in [0.05, 0.1) is 6.10 Å². The molecule has 0 radical (unpaired) electrons. The highest BCUT2D eigenvalue weighted by molar-refractivity contribution is 5.71. The van der Waals surface area contributed by atoms with E-state index in [2.05, 4.69) is 13.2 Å². The van der Waals surface area contributed by atoms with E-state index < -0.39 is 6.09 Å². The van der Waals surface area contributed by atoms with Crippen molar-refractivity contribution in [2.75, 3.05) is 6.61 Å². The molecule has 5 aliphatic rings. The van der Waals surface area contributed by atoms with Gasteiger partial charge >= 0.3 is 6.09 Å². The van der Waals surface area contributed by atoms with E-state index in [1.165, 1.54) is 49.6 Å². The molecule has 2 atom stereocenters. The second-order valence-corrected chi connectivity index (χ2v) is 8.24. The van der Waals surface area contributed by atoms with Crippen molar-refractivity contribution in [3.8, 4) is 0 Å². The van der Waals surface area contributed by atoms with Gasteiger partial charge < -0.3 is 9.47 Å². The van der Waals surface area contributed by atoms with Gasteiger partial charge in [-0.2, -0.15) is 0 Å². The van der Waals surface area contributed by atoms with Crippen LogP contribution in [0.1, 0.15) is 45.4 Å². The molecule has 5 fully saturated rings. The Labute approximate surface area is 138 Å². The van der Waals surface area contributed by atoms with E-state index in [1.54, 1.807) is 6.92 Å². The summed E-state index contributed by atoms with van der Waals surface area (Å²) in [5.41, 5.74) is 0.998.